The maximum absolute atomic E-state index is 5.95. The maximum Gasteiger partial charge on any atom is 0.208 e. The first-order valence-electron chi connectivity index (χ1n) is 9.28. The molecule has 0 N–H and O–H groups in total. The Kier molecular flexibility index (Phi) is 5.29. The number of imidazole rings is 1. The van der Waals surface area contributed by atoms with Crippen molar-refractivity contribution >= 4 is 0 Å². The SMILES string of the molecule is CCn1ccnc1CN1CCN(Cc2ncc(C(C)(C)C)o2)CC1C. The largest absolute Gasteiger partial charge is 0.444 e. The van der Waals surface area contributed by atoms with Crippen LogP contribution in [0.1, 0.15) is 52.1 Å². The second-order valence-electron chi connectivity index (χ2n) is 8.05. The number of oxazole rings is 1. The quantitative estimate of drug-likeness (QED) is 0.834. The van der Waals surface area contributed by atoms with Crippen molar-refractivity contribution in [1.29, 1.82) is 0 Å². The molecule has 1 unspecified atom stereocenters. The van der Waals surface area contributed by atoms with Crippen LogP contribution in [0.2, 0.25) is 0 Å². The third-order valence-electron chi connectivity index (χ3n) is 4.99. The molecule has 3 heterocycles. The molecule has 25 heavy (non-hydrogen) atoms. The van der Waals surface area contributed by atoms with Gasteiger partial charge in [-0.15, -0.1) is 0 Å². The van der Waals surface area contributed by atoms with Gasteiger partial charge in [0.05, 0.1) is 19.3 Å². The van der Waals surface area contributed by atoms with Gasteiger partial charge in [0.2, 0.25) is 5.89 Å². The van der Waals surface area contributed by atoms with Crippen LogP contribution >= 0.6 is 0 Å². The van der Waals surface area contributed by atoms with E-state index in [0.717, 1.165) is 56.7 Å². The molecule has 0 aliphatic carbocycles. The van der Waals surface area contributed by atoms with Gasteiger partial charge in [0.25, 0.3) is 0 Å². The molecule has 138 valence electrons. The second kappa shape index (κ2) is 7.30. The third-order valence-corrected chi connectivity index (χ3v) is 4.99. The summed E-state index contributed by atoms with van der Waals surface area (Å²) in [7, 11) is 0. The predicted molar refractivity (Wildman–Crippen MR) is 98.3 cm³/mol. The number of aromatic nitrogens is 3. The van der Waals surface area contributed by atoms with E-state index in [9.17, 15) is 0 Å². The van der Waals surface area contributed by atoms with Gasteiger partial charge in [-0.1, -0.05) is 20.8 Å². The van der Waals surface area contributed by atoms with Gasteiger partial charge >= 0.3 is 0 Å². The van der Waals surface area contributed by atoms with E-state index in [0.29, 0.717) is 6.04 Å². The van der Waals surface area contributed by atoms with Crippen LogP contribution in [0, 0.1) is 0 Å². The van der Waals surface area contributed by atoms with Crippen LogP contribution in [0.3, 0.4) is 0 Å². The third kappa shape index (κ3) is 4.30. The highest BCUT2D eigenvalue weighted by Gasteiger charge is 2.26. The Morgan fingerprint density at radius 3 is 2.64 bits per heavy atom. The Morgan fingerprint density at radius 2 is 2.00 bits per heavy atom. The van der Waals surface area contributed by atoms with Crippen molar-refractivity contribution in [3.05, 3.63) is 36.1 Å². The molecule has 0 amide bonds. The van der Waals surface area contributed by atoms with Crippen molar-refractivity contribution in [3.8, 4) is 0 Å². The molecular weight excluding hydrogens is 314 g/mol. The summed E-state index contributed by atoms with van der Waals surface area (Å²) in [5, 5.41) is 0. The Balaban J connectivity index is 1.55. The molecular formula is C19H31N5O. The molecule has 1 fully saturated rings. The topological polar surface area (TPSA) is 50.3 Å². The number of hydrogen-bond acceptors (Lipinski definition) is 5. The smallest absolute Gasteiger partial charge is 0.208 e. The maximum atomic E-state index is 5.95. The highest BCUT2D eigenvalue weighted by Crippen LogP contribution is 2.23. The van der Waals surface area contributed by atoms with Crippen molar-refractivity contribution < 1.29 is 4.42 Å². The van der Waals surface area contributed by atoms with E-state index in [1.54, 1.807) is 0 Å². The summed E-state index contributed by atoms with van der Waals surface area (Å²) < 4.78 is 8.17. The molecule has 0 aromatic carbocycles. The van der Waals surface area contributed by atoms with Crippen LogP contribution in [0.5, 0.6) is 0 Å². The van der Waals surface area contributed by atoms with Crippen LogP contribution in [0.15, 0.2) is 23.0 Å². The highest BCUT2D eigenvalue weighted by molar-refractivity contribution is 5.06. The van der Waals surface area contributed by atoms with Gasteiger partial charge in [0.15, 0.2) is 0 Å². The first-order valence-corrected chi connectivity index (χ1v) is 9.28. The average Bonchev–Trinajstić information content (AvgIpc) is 3.18. The van der Waals surface area contributed by atoms with Gasteiger partial charge in [0, 0.05) is 50.0 Å². The lowest BCUT2D eigenvalue weighted by Gasteiger charge is -2.39. The van der Waals surface area contributed by atoms with Crippen molar-refractivity contribution in [2.45, 2.75) is 65.7 Å². The van der Waals surface area contributed by atoms with Gasteiger partial charge in [-0.3, -0.25) is 9.80 Å². The number of hydrogen-bond donors (Lipinski definition) is 0. The molecule has 0 radical (unpaired) electrons. The summed E-state index contributed by atoms with van der Waals surface area (Å²) in [5.74, 6) is 2.94. The minimum Gasteiger partial charge on any atom is -0.444 e. The summed E-state index contributed by atoms with van der Waals surface area (Å²) in [6.45, 7) is 16.7. The second-order valence-corrected chi connectivity index (χ2v) is 8.05. The normalized spacial score (nSPS) is 20.3. The Bertz CT molecular complexity index is 684. The van der Waals surface area contributed by atoms with Crippen molar-refractivity contribution in [2.75, 3.05) is 19.6 Å². The fraction of sp³-hybridized carbons (Fsp3) is 0.684. The fourth-order valence-corrected chi connectivity index (χ4v) is 3.33. The highest BCUT2D eigenvalue weighted by atomic mass is 16.4. The molecule has 1 aliphatic rings. The van der Waals surface area contributed by atoms with Crippen LogP contribution in [0.25, 0.3) is 0 Å². The Labute approximate surface area is 150 Å². The minimum atomic E-state index is 0.0123. The molecule has 2 aromatic rings. The molecule has 1 saturated heterocycles. The first kappa shape index (κ1) is 18.1. The van der Waals surface area contributed by atoms with Gasteiger partial charge < -0.3 is 8.98 Å². The van der Waals surface area contributed by atoms with Crippen LogP contribution < -0.4 is 0 Å². The molecule has 1 aliphatic heterocycles. The Hall–Kier alpha value is -1.66. The van der Waals surface area contributed by atoms with Crippen LogP contribution in [0.4, 0.5) is 0 Å². The van der Waals surface area contributed by atoms with Gasteiger partial charge in [-0.2, -0.15) is 0 Å². The zero-order chi connectivity index (χ0) is 18.0. The van der Waals surface area contributed by atoms with Crippen molar-refractivity contribution in [2.24, 2.45) is 0 Å². The summed E-state index contributed by atoms with van der Waals surface area (Å²) in [5.41, 5.74) is 0.0123. The minimum absolute atomic E-state index is 0.0123. The number of aryl methyl sites for hydroxylation is 1. The lowest BCUT2D eigenvalue weighted by molar-refractivity contribution is 0.0651. The first-order chi connectivity index (χ1) is 11.9. The molecule has 0 saturated carbocycles. The lowest BCUT2D eigenvalue weighted by atomic mass is 9.94. The van der Waals surface area contributed by atoms with Gasteiger partial charge in [-0.05, 0) is 13.8 Å². The number of piperazine rings is 1. The molecule has 0 spiro atoms. The zero-order valence-electron chi connectivity index (χ0n) is 16.2. The van der Waals surface area contributed by atoms with E-state index in [1.165, 1.54) is 0 Å². The fourth-order valence-electron chi connectivity index (χ4n) is 3.33. The summed E-state index contributed by atoms with van der Waals surface area (Å²) in [6, 6.07) is 0.493. The van der Waals surface area contributed by atoms with E-state index >= 15 is 0 Å². The molecule has 2 aromatic heterocycles. The summed E-state index contributed by atoms with van der Waals surface area (Å²) in [6.07, 6.45) is 5.83. The van der Waals surface area contributed by atoms with E-state index in [1.807, 2.05) is 12.4 Å². The van der Waals surface area contributed by atoms with E-state index in [2.05, 4.69) is 65.2 Å². The molecule has 6 nitrogen and oxygen atoms in total. The number of rotatable bonds is 5. The average molecular weight is 345 g/mol. The Morgan fingerprint density at radius 1 is 1.20 bits per heavy atom. The lowest BCUT2D eigenvalue weighted by Crippen LogP contribution is -2.51. The standard InChI is InChI=1S/C19H31N5O/c1-6-23-8-7-20-17(23)13-24-10-9-22(12-15(24)2)14-18-21-11-16(25-18)19(3,4)5/h7-8,11,15H,6,9-10,12-14H2,1-5H3. The zero-order valence-corrected chi connectivity index (χ0v) is 16.2. The van der Waals surface area contributed by atoms with E-state index < -0.39 is 0 Å². The molecule has 1 atom stereocenters. The molecule has 0 bridgehead atoms. The van der Waals surface area contributed by atoms with Gasteiger partial charge in [0.1, 0.15) is 11.6 Å². The van der Waals surface area contributed by atoms with Crippen LogP contribution in [-0.4, -0.2) is 50.0 Å². The van der Waals surface area contributed by atoms with E-state index in [4.69, 9.17) is 4.42 Å². The number of nitrogens with zero attached hydrogens (tertiary/aromatic N) is 5. The van der Waals surface area contributed by atoms with Crippen molar-refractivity contribution in [1.82, 2.24) is 24.3 Å². The molecule has 3 rings (SSSR count). The van der Waals surface area contributed by atoms with Crippen LogP contribution in [-0.2, 0) is 25.0 Å². The van der Waals surface area contributed by atoms with E-state index in [-0.39, 0.29) is 5.41 Å². The van der Waals surface area contributed by atoms with Crippen molar-refractivity contribution in [3.63, 3.8) is 0 Å². The monoisotopic (exact) mass is 345 g/mol. The predicted octanol–water partition coefficient (Wildman–Crippen LogP) is 2.89. The van der Waals surface area contributed by atoms with Gasteiger partial charge in [-0.25, -0.2) is 9.97 Å². The molecule has 6 heteroatoms. The summed E-state index contributed by atoms with van der Waals surface area (Å²) >= 11 is 0. The summed E-state index contributed by atoms with van der Waals surface area (Å²) in [4.78, 5) is 13.9.